The Morgan fingerprint density at radius 3 is 2.70 bits per heavy atom. The minimum atomic E-state index is -0.231. The first-order valence-corrected chi connectivity index (χ1v) is 7.50. The molecule has 0 aliphatic rings. The van der Waals surface area contributed by atoms with Gasteiger partial charge in [0.15, 0.2) is 5.16 Å². The lowest BCUT2D eigenvalue weighted by atomic mass is 10.1. The topological polar surface area (TPSA) is 37.8 Å². The average molecular weight is 291 g/mol. The summed E-state index contributed by atoms with van der Waals surface area (Å²) in [6.45, 7) is 5.08. The SMILES string of the molecule is CCCNC(C)c1ccc(Sc2ncccn2)c(F)c1. The predicted molar refractivity (Wildman–Crippen MR) is 79.3 cm³/mol. The molecular weight excluding hydrogens is 273 g/mol. The quantitative estimate of drug-likeness (QED) is 0.821. The maximum Gasteiger partial charge on any atom is 0.192 e. The van der Waals surface area contributed by atoms with Crippen LogP contribution < -0.4 is 5.32 Å². The van der Waals surface area contributed by atoms with E-state index in [0.29, 0.717) is 10.1 Å². The summed E-state index contributed by atoms with van der Waals surface area (Å²) in [4.78, 5) is 8.72. The summed E-state index contributed by atoms with van der Waals surface area (Å²) in [5, 5.41) is 3.90. The van der Waals surface area contributed by atoms with Crippen molar-refractivity contribution < 1.29 is 4.39 Å². The van der Waals surface area contributed by atoms with Crippen LogP contribution in [0.3, 0.4) is 0 Å². The number of nitrogens with zero attached hydrogens (tertiary/aromatic N) is 2. The molecule has 1 aromatic heterocycles. The molecule has 0 radical (unpaired) electrons. The van der Waals surface area contributed by atoms with Gasteiger partial charge in [-0.15, -0.1) is 0 Å². The molecule has 106 valence electrons. The lowest BCUT2D eigenvalue weighted by molar-refractivity contribution is 0.556. The zero-order valence-corrected chi connectivity index (χ0v) is 12.5. The number of rotatable bonds is 6. The van der Waals surface area contributed by atoms with Crippen LogP contribution in [0.5, 0.6) is 0 Å². The Bertz CT molecular complexity index is 548. The van der Waals surface area contributed by atoms with Gasteiger partial charge in [0.05, 0.1) is 4.90 Å². The molecule has 3 nitrogen and oxygen atoms in total. The summed E-state index contributed by atoms with van der Waals surface area (Å²) in [5.41, 5.74) is 0.953. The third-order valence-corrected chi connectivity index (χ3v) is 3.84. The first kappa shape index (κ1) is 14.9. The first-order chi connectivity index (χ1) is 9.70. The standard InChI is InChI=1S/C15H18FN3S/c1-3-7-17-11(2)12-5-6-14(13(16)10-12)20-15-18-8-4-9-19-15/h4-6,8-11,17H,3,7H2,1-2H3. The lowest BCUT2D eigenvalue weighted by Crippen LogP contribution is -2.19. The monoisotopic (exact) mass is 291 g/mol. The van der Waals surface area contributed by atoms with E-state index >= 15 is 0 Å². The van der Waals surface area contributed by atoms with E-state index in [1.807, 2.05) is 13.0 Å². The van der Waals surface area contributed by atoms with E-state index in [1.165, 1.54) is 11.8 Å². The predicted octanol–water partition coefficient (Wildman–Crippen LogP) is 3.83. The van der Waals surface area contributed by atoms with E-state index in [-0.39, 0.29) is 11.9 Å². The molecule has 2 aromatic rings. The third-order valence-electron chi connectivity index (χ3n) is 2.90. The van der Waals surface area contributed by atoms with Crippen molar-refractivity contribution in [3.63, 3.8) is 0 Å². The maximum absolute atomic E-state index is 14.1. The third kappa shape index (κ3) is 4.02. The first-order valence-electron chi connectivity index (χ1n) is 6.68. The second kappa shape index (κ2) is 7.36. The smallest absolute Gasteiger partial charge is 0.192 e. The normalized spacial score (nSPS) is 12.3. The van der Waals surface area contributed by atoms with Gasteiger partial charge in [-0.3, -0.25) is 0 Å². The number of hydrogen-bond acceptors (Lipinski definition) is 4. The molecule has 1 aromatic carbocycles. The van der Waals surface area contributed by atoms with Gasteiger partial charge in [0.1, 0.15) is 5.82 Å². The van der Waals surface area contributed by atoms with Gasteiger partial charge in [0.2, 0.25) is 0 Å². The van der Waals surface area contributed by atoms with Gasteiger partial charge >= 0.3 is 0 Å². The Labute approximate surface area is 123 Å². The molecule has 0 aliphatic heterocycles. The molecule has 1 heterocycles. The van der Waals surface area contributed by atoms with E-state index < -0.39 is 0 Å². The van der Waals surface area contributed by atoms with Crippen LogP contribution in [0, 0.1) is 5.82 Å². The molecule has 20 heavy (non-hydrogen) atoms. The number of nitrogens with one attached hydrogen (secondary N) is 1. The Morgan fingerprint density at radius 1 is 1.30 bits per heavy atom. The second-order valence-corrected chi connectivity index (χ2v) is 5.51. The molecule has 0 aliphatic carbocycles. The van der Waals surface area contributed by atoms with Crippen molar-refractivity contribution in [3.05, 3.63) is 48.0 Å². The summed E-state index contributed by atoms with van der Waals surface area (Å²) >= 11 is 1.23. The van der Waals surface area contributed by atoms with Crippen LogP contribution in [0.2, 0.25) is 0 Å². The van der Waals surface area contributed by atoms with Gasteiger partial charge < -0.3 is 5.32 Å². The van der Waals surface area contributed by atoms with Gasteiger partial charge in [-0.25, -0.2) is 14.4 Å². The van der Waals surface area contributed by atoms with Crippen LogP contribution in [0.4, 0.5) is 4.39 Å². The largest absolute Gasteiger partial charge is 0.310 e. The summed E-state index contributed by atoms with van der Waals surface area (Å²) in [7, 11) is 0. The van der Waals surface area contributed by atoms with Crippen molar-refractivity contribution in [2.24, 2.45) is 0 Å². The molecule has 0 amide bonds. The average Bonchev–Trinajstić information content (AvgIpc) is 2.48. The Kier molecular flexibility index (Phi) is 5.49. The number of benzene rings is 1. The molecule has 0 bridgehead atoms. The van der Waals surface area contributed by atoms with Gasteiger partial charge in [0, 0.05) is 18.4 Å². The van der Waals surface area contributed by atoms with E-state index in [4.69, 9.17) is 0 Å². The van der Waals surface area contributed by atoms with Crippen molar-refractivity contribution >= 4 is 11.8 Å². The molecule has 1 unspecified atom stereocenters. The zero-order valence-electron chi connectivity index (χ0n) is 11.6. The molecule has 0 saturated carbocycles. The van der Waals surface area contributed by atoms with Crippen LogP contribution in [-0.4, -0.2) is 16.5 Å². The molecular formula is C15H18FN3S. The fraction of sp³-hybridized carbons (Fsp3) is 0.333. The van der Waals surface area contributed by atoms with Crippen LogP contribution >= 0.6 is 11.8 Å². The number of aromatic nitrogens is 2. The summed E-state index contributed by atoms with van der Waals surface area (Å²) < 4.78 is 14.1. The van der Waals surface area contributed by atoms with Crippen LogP contribution in [0.15, 0.2) is 46.7 Å². The maximum atomic E-state index is 14.1. The highest BCUT2D eigenvalue weighted by Crippen LogP contribution is 2.28. The van der Waals surface area contributed by atoms with Crippen molar-refractivity contribution in [1.82, 2.24) is 15.3 Å². The van der Waals surface area contributed by atoms with Crippen molar-refractivity contribution in [1.29, 1.82) is 0 Å². The molecule has 2 rings (SSSR count). The Balaban J connectivity index is 2.10. The molecule has 0 spiro atoms. The van der Waals surface area contributed by atoms with Gasteiger partial charge in [-0.2, -0.15) is 0 Å². The van der Waals surface area contributed by atoms with E-state index in [9.17, 15) is 4.39 Å². The second-order valence-electron chi connectivity index (χ2n) is 4.50. The van der Waals surface area contributed by atoms with Crippen molar-refractivity contribution in [2.75, 3.05) is 6.54 Å². The lowest BCUT2D eigenvalue weighted by Gasteiger charge is -2.14. The minimum Gasteiger partial charge on any atom is -0.310 e. The van der Waals surface area contributed by atoms with Crippen LogP contribution in [-0.2, 0) is 0 Å². The highest BCUT2D eigenvalue weighted by Gasteiger charge is 2.10. The van der Waals surface area contributed by atoms with Crippen LogP contribution in [0.25, 0.3) is 0 Å². The number of halogens is 1. The van der Waals surface area contributed by atoms with E-state index in [0.717, 1.165) is 18.5 Å². The summed E-state index contributed by atoms with van der Waals surface area (Å²) in [6, 6.07) is 7.21. The summed E-state index contributed by atoms with van der Waals surface area (Å²) in [6.07, 6.45) is 4.36. The number of hydrogen-bond donors (Lipinski definition) is 1. The van der Waals surface area contributed by atoms with Gasteiger partial charge in [-0.05, 0) is 55.4 Å². The minimum absolute atomic E-state index is 0.150. The summed E-state index contributed by atoms with van der Waals surface area (Å²) in [5.74, 6) is -0.231. The zero-order chi connectivity index (χ0) is 14.4. The van der Waals surface area contributed by atoms with Crippen molar-refractivity contribution in [2.45, 2.75) is 36.4 Å². The Hall–Kier alpha value is -1.46. The Morgan fingerprint density at radius 2 is 2.05 bits per heavy atom. The molecule has 0 saturated heterocycles. The fourth-order valence-corrected chi connectivity index (χ4v) is 2.50. The highest BCUT2D eigenvalue weighted by atomic mass is 32.2. The fourth-order valence-electron chi connectivity index (χ4n) is 1.78. The highest BCUT2D eigenvalue weighted by molar-refractivity contribution is 7.99. The van der Waals surface area contributed by atoms with Gasteiger partial charge in [0.25, 0.3) is 0 Å². The molecule has 1 N–H and O–H groups in total. The molecule has 0 fully saturated rings. The molecule has 5 heteroatoms. The van der Waals surface area contributed by atoms with Gasteiger partial charge in [-0.1, -0.05) is 13.0 Å². The van der Waals surface area contributed by atoms with Crippen molar-refractivity contribution in [3.8, 4) is 0 Å². The van der Waals surface area contributed by atoms with E-state index in [2.05, 4.69) is 22.2 Å². The van der Waals surface area contributed by atoms with Crippen LogP contribution in [0.1, 0.15) is 31.9 Å². The molecule has 1 atom stereocenters. The van der Waals surface area contributed by atoms with E-state index in [1.54, 1.807) is 30.6 Å².